The Balaban J connectivity index is 1.30. The molecule has 0 aliphatic heterocycles. The van der Waals surface area contributed by atoms with Crippen LogP contribution in [-0.4, -0.2) is 34.0 Å². The number of unbranched alkanes of at least 4 members (excludes halogenated alkanes) is 3. The van der Waals surface area contributed by atoms with Crippen molar-refractivity contribution in [2.75, 3.05) is 34.4 Å². The van der Waals surface area contributed by atoms with Crippen LogP contribution in [0.25, 0.3) is 0 Å². The van der Waals surface area contributed by atoms with Gasteiger partial charge in [0, 0.05) is 47.5 Å². The van der Waals surface area contributed by atoms with Gasteiger partial charge in [-0.1, -0.05) is 36.9 Å². The lowest BCUT2D eigenvalue weighted by atomic mass is 10.1. The number of nitrogens with one attached hydrogen (secondary N) is 4. The van der Waals surface area contributed by atoms with E-state index in [1.165, 1.54) is 0 Å². The molecule has 254 valence electrons. The average molecular weight is 657 g/mol. The number of carbonyl (C=O) groups excluding carboxylic acids is 2. The molecule has 0 unspecified atom stereocenters. The average Bonchev–Trinajstić information content (AvgIpc) is 3.58. The normalized spacial score (nSPS) is 11.4. The predicted octanol–water partition coefficient (Wildman–Crippen LogP) is 6.62. The first-order valence-electron chi connectivity index (χ1n) is 16.4. The molecule has 4 N–H and O–H groups in total. The van der Waals surface area contributed by atoms with Crippen molar-refractivity contribution in [2.45, 2.75) is 52.4 Å². The van der Waals surface area contributed by atoms with E-state index in [-0.39, 0.29) is 11.8 Å². The van der Waals surface area contributed by atoms with Crippen LogP contribution in [-0.2, 0) is 37.8 Å². The van der Waals surface area contributed by atoms with E-state index in [4.69, 9.17) is 0 Å². The Morgan fingerprint density at radius 2 is 1.06 bits per heavy atom. The van der Waals surface area contributed by atoms with E-state index in [2.05, 4.69) is 41.7 Å². The predicted molar refractivity (Wildman–Crippen MR) is 188 cm³/mol. The number of azo groups is 2. The molecule has 0 atom stereocenters. The molecule has 2 aromatic heterocycles. The van der Waals surface area contributed by atoms with Crippen LogP contribution in [0.5, 0.6) is 0 Å². The van der Waals surface area contributed by atoms with Crippen molar-refractivity contribution >= 4 is 57.8 Å². The zero-order valence-corrected chi connectivity index (χ0v) is 28.8. The second-order valence-electron chi connectivity index (χ2n) is 11.6. The molecule has 48 heavy (non-hydrogen) atoms. The van der Waals surface area contributed by atoms with Gasteiger partial charge in [-0.3, -0.25) is 9.59 Å². The summed E-state index contributed by atoms with van der Waals surface area (Å²) in [5.74, 6) is 1.30. The number of anilines is 4. The molecule has 14 nitrogen and oxygen atoms in total. The Morgan fingerprint density at radius 1 is 0.646 bits per heavy atom. The number of hydrogen-bond donors (Lipinski definition) is 4. The standard InChI is InChI=1S/C34H46N12O2/c1-7-31(47)37-25-13-15-27(29(23-25)39-41-33-43(3)19-20-44(33)4)35-17-11-9-10-12-18-36-28-16-14-26(38-32(48)8-2)24-30(28)40-42-34-45(5)21-22-46(34)6/h13-16,19-24H,7-12,17-18H2,1-6H3,(H2,37,38,39,40,47,48)/p+2. The van der Waals surface area contributed by atoms with E-state index in [9.17, 15) is 9.59 Å². The fourth-order valence-corrected chi connectivity index (χ4v) is 4.88. The highest BCUT2D eigenvalue weighted by molar-refractivity contribution is 5.92. The molecular formula is C34H48N12O2+2. The first kappa shape index (κ1) is 35.5. The Morgan fingerprint density at radius 3 is 1.42 bits per heavy atom. The summed E-state index contributed by atoms with van der Waals surface area (Å²) in [4.78, 5) is 23.9. The van der Waals surface area contributed by atoms with Crippen molar-refractivity contribution in [3.63, 3.8) is 0 Å². The van der Waals surface area contributed by atoms with Gasteiger partial charge in [0.1, 0.15) is 11.4 Å². The number of aryl methyl sites for hydroxylation is 4. The highest BCUT2D eigenvalue weighted by atomic mass is 16.2. The summed E-state index contributed by atoms with van der Waals surface area (Å²) in [6.07, 6.45) is 12.5. The minimum atomic E-state index is -0.0543. The number of amides is 2. The second-order valence-corrected chi connectivity index (χ2v) is 11.6. The van der Waals surface area contributed by atoms with Crippen molar-refractivity contribution in [3.8, 4) is 0 Å². The third kappa shape index (κ3) is 10.0. The van der Waals surface area contributed by atoms with Gasteiger partial charge in [0.15, 0.2) is 0 Å². The van der Waals surface area contributed by atoms with Gasteiger partial charge in [-0.15, -0.1) is 0 Å². The highest BCUT2D eigenvalue weighted by Gasteiger charge is 2.14. The van der Waals surface area contributed by atoms with Gasteiger partial charge in [0.25, 0.3) is 0 Å². The summed E-state index contributed by atoms with van der Waals surface area (Å²) in [5, 5.41) is 30.8. The van der Waals surface area contributed by atoms with Gasteiger partial charge < -0.3 is 21.3 Å². The quantitative estimate of drug-likeness (QED) is 0.0574. The molecule has 0 radical (unpaired) electrons. The van der Waals surface area contributed by atoms with E-state index in [1.807, 2.05) is 121 Å². The number of benzene rings is 2. The van der Waals surface area contributed by atoms with E-state index >= 15 is 0 Å². The lowest BCUT2D eigenvalue weighted by Crippen LogP contribution is -2.25. The van der Waals surface area contributed by atoms with Crippen molar-refractivity contribution in [1.82, 2.24) is 9.13 Å². The van der Waals surface area contributed by atoms with Crippen LogP contribution in [0.3, 0.4) is 0 Å². The van der Waals surface area contributed by atoms with Crippen molar-refractivity contribution in [3.05, 3.63) is 61.2 Å². The number of imidazole rings is 2. The van der Waals surface area contributed by atoms with Gasteiger partial charge in [-0.2, -0.15) is 0 Å². The molecule has 4 aromatic rings. The summed E-state index contributed by atoms with van der Waals surface area (Å²) < 4.78 is 7.58. The maximum absolute atomic E-state index is 12.0. The van der Waals surface area contributed by atoms with Crippen molar-refractivity contribution in [1.29, 1.82) is 0 Å². The fourth-order valence-electron chi connectivity index (χ4n) is 4.88. The molecule has 0 aliphatic carbocycles. The summed E-state index contributed by atoms with van der Waals surface area (Å²) in [7, 11) is 7.67. The maximum atomic E-state index is 12.0. The van der Waals surface area contributed by atoms with E-state index < -0.39 is 0 Å². The zero-order chi connectivity index (χ0) is 34.5. The topological polar surface area (TPSA) is 149 Å². The van der Waals surface area contributed by atoms with Crippen LogP contribution in [0.4, 0.5) is 46.0 Å². The molecule has 4 rings (SSSR count). The molecule has 0 saturated carbocycles. The minimum absolute atomic E-state index is 0.0543. The highest BCUT2D eigenvalue weighted by Crippen LogP contribution is 2.31. The Bertz CT molecular complexity index is 1590. The third-order valence-electron chi connectivity index (χ3n) is 7.72. The number of nitrogens with zero attached hydrogens (tertiary/aromatic N) is 8. The lowest BCUT2D eigenvalue weighted by molar-refractivity contribution is -0.657. The van der Waals surface area contributed by atoms with E-state index in [0.29, 0.717) is 47.5 Å². The molecular weight excluding hydrogens is 608 g/mol. The first-order chi connectivity index (χ1) is 23.2. The van der Waals surface area contributed by atoms with Gasteiger partial charge in [-0.25, -0.2) is 18.3 Å². The molecule has 2 heterocycles. The monoisotopic (exact) mass is 656 g/mol. The van der Waals surface area contributed by atoms with Crippen LogP contribution < -0.4 is 30.4 Å². The van der Waals surface area contributed by atoms with Crippen LogP contribution in [0.2, 0.25) is 0 Å². The Hall–Kier alpha value is -5.40. The molecule has 14 heteroatoms. The molecule has 0 bridgehead atoms. The van der Waals surface area contributed by atoms with E-state index in [1.54, 1.807) is 0 Å². The summed E-state index contributed by atoms with van der Waals surface area (Å²) in [6, 6.07) is 11.3. The van der Waals surface area contributed by atoms with Crippen molar-refractivity contribution < 1.29 is 18.7 Å². The second kappa shape index (κ2) is 17.5. The molecule has 2 amide bonds. The maximum Gasteiger partial charge on any atom is 0.421 e. The Labute approximate surface area is 282 Å². The van der Waals surface area contributed by atoms with Crippen molar-refractivity contribution in [2.24, 2.45) is 48.6 Å². The molecule has 2 aromatic carbocycles. The molecule has 0 aliphatic rings. The number of hydrogen-bond acceptors (Lipinski definition) is 8. The van der Waals surface area contributed by atoms with E-state index in [0.717, 1.165) is 50.1 Å². The smallest absolute Gasteiger partial charge is 0.383 e. The number of carbonyl (C=O) groups is 2. The van der Waals surface area contributed by atoms with Crippen LogP contribution in [0.15, 0.2) is 81.6 Å². The third-order valence-corrected chi connectivity index (χ3v) is 7.72. The molecule has 0 fully saturated rings. The van der Waals surface area contributed by atoms with Crippen LogP contribution in [0.1, 0.15) is 52.4 Å². The van der Waals surface area contributed by atoms with Gasteiger partial charge in [0.05, 0.1) is 64.4 Å². The number of rotatable bonds is 17. The molecule has 0 saturated heterocycles. The minimum Gasteiger partial charge on any atom is -0.383 e. The van der Waals surface area contributed by atoms with Crippen LogP contribution >= 0.6 is 0 Å². The fraction of sp³-hybridized carbons (Fsp3) is 0.412. The van der Waals surface area contributed by atoms with Gasteiger partial charge in [-0.05, 0) is 49.2 Å². The number of aromatic nitrogens is 4. The Kier molecular flexibility index (Phi) is 12.9. The zero-order valence-electron chi connectivity index (χ0n) is 28.8. The van der Waals surface area contributed by atoms with Gasteiger partial charge in [0.2, 0.25) is 11.8 Å². The van der Waals surface area contributed by atoms with Gasteiger partial charge >= 0.3 is 11.9 Å². The van der Waals surface area contributed by atoms with Crippen LogP contribution in [0, 0.1) is 0 Å². The lowest BCUT2D eigenvalue weighted by Gasteiger charge is -2.12. The summed E-state index contributed by atoms with van der Waals surface area (Å²) in [6.45, 7) is 5.20. The first-order valence-corrected chi connectivity index (χ1v) is 16.4. The SMILES string of the molecule is CCC(=O)Nc1ccc(NCCCCCCNc2ccc(NC(=O)CC)cc2N=Nc2n(C)cc[n+]2C)c(N=Nc2n(C)cc[n+]2C)c1. The molecule has 0 spiro atoms. The summed E-state index contributed by atoms with van der Waals surface area (Å²) in [5.41, 5.74) is 4.40. The summed E-state index contributed by atoms with van der Waals surface area (Å²) >= 11 is 0. The largest absolute Gasteiger partial charge is 0.421 e.